The van der Waals surface area contributed by atoms with Crippen LogP contribution in [0, 0.1) is 12.8 Å². The van der Waals surface area contributed by atoms with Gasteiger partial charge in [0.1, 0.15) is 6.04 Å². The van der Waals surface area contributed by atoms with Crippen molar-refractivity contribution in [3.63, 3.8) is 0 Å². The summed E-state index contributed by atoms with van der Waals surface area (Å²) in [6.07, 6.45) is 0.675. The minimum Gasteiger partial charge on any atom is -0.354 e. The number of rotatable bonds is 10. The molecule has 0 bridgehead atoms. The Bertz CT molecular complexity index is 1060. The van der Waals surface area contributed by atoms with Gasteiger partial charge in [0.05, 0.1) is 6.42 Å². The van der Waals surface area contributed by atoms with Crippen molar-refractivity contribution in [1.82, 2.24) is 10.2 Å². The number of carbonyl (C=O) groups is 2. The summed E-state index contributed by atoms with van der Waals surface area (Å²) >= 11 is 6.08. The zero-order valence-corrected chi connectivity index (χ0v) is 20.9. The van der Waals surface area contributed by atoms with Gasteiger partial charge < -0.3 is 10.2 Å². The molecule has 0 fully saturated rings. The maximum absolute atomic E-state index is 13.7. The van der Waals surface area contributed by atoms with Crippen LogP contribution in [0.25, 0.3) is 0 Å². The molecule has 178 valence electrons. The lowest BCUT2D eigenvalue weighted by atomic mass is 10.0. The largest absolute Gasteiger partial charge is 0.354 e. The smallest absolute Gasteiger partial charge is 0.243 e. The Kier molecular flexibility index (Phi) is 9.29. The first kappa shape index (κ1) is 25.5. The number of aryl methyl sites for hydroxylation is 1. The predicted octanol–water partition coefficient (Wildman–Crippen LogP) is 5.60. The van der Waals surface area contributed by atoms with E-state index in [2.05, 4.69) is 19.2 Å². The molecule has 5 heteroatoms. The molecule has 0 heterocycles. The van der Waals surface area contributed by atoms with Gasteiger partial charge in [0.25, 0.3) is 0 Å². The molecule has 0 aromatic heterocycles. The zero-order chi connectivity index (χ0) is 24.5. The Balaban J connectivity index is 1.93. The van der Waals surface area contributed by atoms with Gasteiger partial charge in [-0.3, -0.25) is 9.59 Å². The van der Waals surface area contributed by atoms with E-state index in [1.165, 1.54) is 0 Å². The summed E-state index contributed by atoms with van der Waals surface area (Å²) < 4.78 is 0. The lowest BCUT2D eigenvalue weighted by Gasteiger charge is -2.32. The van der Waals surface area contributed by atoms with Gasteiger partial charge in [-0.25, -0.2) is 0 Å². The molecule has 3 rings (SSSR count). The monoisotopic (exact) mass is 476 g/mol. The number of carbonyl (C=O) groups excluding carboxylic acids is 2. The Hall–Kier alpha value is -3.11. The van der Waals surface area contributed by atoms with Gasteiger partial charge in [0.15, 0.2) is 0 Å². The number of hydrogen-bond donors (Lipinski definition) is 1. The van der Waals surface area contributed by atoms with Crippen LogP contribution in [-0.2, 0) is 29.0 Å². The van der Waals surface area contributed by atoms with E-state index in [-0.39, 0.29) is 18.2 Å². The normalized spacial score (nSPS) is 11.8. The second-order valence-electron chi connectivity index (χ2n) is 9.16. The predicted molar refractivity (Wildman–Crippen MR) is 139 cm³/mol. The number of benzene rings is 3. The summed E-state index contributed by atoms with van der Waals surface area (Å²) in [6.45, 7) is 7.02. The van der Waals surface area contributed by atoms with E-state index < -0.39 is 6.04 Å². The van der Waals surface area contributed by atoms with Crippen molar-refractivity contribution in [3.8, 4) is 0 Å². The van der Waals surface area contributed by atoms with Gasteiger partial charge in [-0.05, 0) is 41.7 Å². The highest BCUT2D eigenvalue weighted by atomic mass is 35.5. The van der Waals surface area contributed by atoms with Gasteiger partial charge in [-0.2, -0.15) is 0 Å². The summed E-state index contributed by atoms with van der Waals surface area (Å²) in [5.41, 5.74) is 4.01. The minimum atomic E-state index is -0.630. The summed E-state index contributed by atoms with van der Waals surface area (Å²) in [4.78, 5) is 28.8. The van der Waals surface area contributed by atoms with E-state index in [1.54, 1.807) is 4.90 Å². The lowest BCUT2D eigenvalue weighted by molar-refractivity contribution is -0.140. The van der Waals surface area contributed by atoms with Gasteiger partial charge >= 0.3 is 0 Å². The average molecular weight is 477 g/mol. The fourth-order valence-electron chi connectivity index (χ4n) is 3.75. The number of nitrogens with zero attached hydrogens (tertiary/aromatic N) is 1. The third kappa shape index (κ3) is 7.74. The van der Waals surface area contributed by atoms with Crippen LogP contribution in [-0.4, -0.2) is 29.3 Å². The molecule has 4 nitrogen and oxygen atoms in total. The molecule has 0 spiro atoms. The molecule has 1 N–H and O–H groups in total. The zero-order valence-electron chi connectivity index (χ0n) is 20.1. The second-order valence-corrected chi connectivity index (χ2v) is 9.59. The van der Waals surface area contributed by atoms with Crippen LogP contribution in [0.4, 0.5) is 0 Å². The molecule has 0 saturated heterocycles. The molecule has 0 radical (unpaired) electrons. The summed E-state index contributed by atoms with van der Waals surface area (Å²) in [5.74, 6) is 0.0949. The minimum absolute atomic E-state index is 0.0839. The highest BCUT2D eigenvalue weighted by Gasteiger charge is 2.30. The van der Waals surface area contributed by atoms with Crippen LogP contribution in [0.15, 0.2) is 78.9 Å². The first-order chi connectivity index (χ1) is 16.3. The third-order valence-corrected chi connectivity index (χ3v) is 5.95. The summed E-state index contributed by atoms with van der Waals surface area (Å²) in [7, 11) is 0. The number of nitrogens with one attached hydrogen (secondary N) is 1. The van der Waals surface area contributed by atoms with E-state index in [0.717, 1.165) is 22.3 Å². The molecular formula is C29H33ClN2O2. The van der Waals surface area contributed by atoms with Gasteiger partial charge in [0, 0.05) is 24.5 Å². The van der Waals surface area contributed by atoms with Crippen LogP contribution < -0.4 is 5.32 Å². The number of amides is 2. The first-order valence-corrected chi connectivity index (χ1v) is 12.1. The maximum atomic E-state index is 13.7. The van der Waals surface area contributed by atoms with Crippen LogP contribution in [0.5, 0.6) is 0 Å². The van der Waals surface area contributed by atoms with Crippen LogP contribution in [0.2, 0.25) is 5.02 Å². The first-order valence-electron chi connectivity index (χ1n) is 11.7. The molecule has 34 heavy (non-hydrogen) atoms. The third-order valence-electron chi connectivity index (χ3n) is 5.70. The Labute approximate surface area is 207 Å². The molecule has 0 saturated carbocycles. The maximum Gasteiger partial charge on any atom is 0.243 e. The molecule has 3 aromatic rings. The van der Waals surface area contributed by atoms with Crippen molar-refractivity contribution >= 4 is 23.4 Å². The van der Waals surface area contributed by atoms with E-state index in [9.17, 15) is 9.59 Å². The Morgan fingerprint density at radius 3 is 2.09 bits per heavy atom. The molecule has 1 unspecified atom stereocenters. The average Bonchev–Trinajstić information content (AvgIpc) is 2.83. The molecule has 3 aromatic carbocycles. The topological polar surface area (TPSA) is 49.4 Å². The standard InChI is InChI=1S/C29H33ClN2O2/c1-21(2)19-31-29(34)27(17-23-7-5-4-6-8-23)32(20-25-13-15-26(30)16-14-25)28(33)18-24-11-9-22(3)10-12-24/h4-16,21,27H,17-20H2,1-3H3,(H,31,34). The second kappa shape index (κ2) is 12.4. The Morgan fingerprint density at radius 1 is 0.853 bits per heavy atom. The fraction of sp³-hybridized carbons (Fsp3) is 0.310. The molecule has 1 atom stereocenters. The fourth-order valence-corrected chi connectivity index (χ4v) is 3.87. The van der Waals surface area contributed by atoms with Gasteiger partial charge in [0.2, 0.25) is 11.8 Å². The van der Waals surface area contributed by atoms with E-state index in [0.29, 0.717) is 30.5 Å². The van der Waals surface area contributed by atoms with E-state index in [1.807, 2.05) is 85.8 Å². The SMILES string of the molecule is Cc1ccc(CC(=O)N(Cc2ccc(Cl)cc2)C(Cc2ccccc2)C(=O)NCC(C)C)cc1. The summed E-state index contributed by atoms with van der Waals surface area (Å²) in [5, 5.41) is 3.69. The quantitative estimate of drug-likeness (QED) is 0.414. The molecule has 0 aliphatic heterocycles. The molecular weight excluding hydrogens is 444 g/mol. The molecule has 0 aliphatic rings. The van der Waals surface area contributed by atoms with Crippen molar-refractivity contribution in [1.29, 1.82) is 0 Å². The highest BCUT2D eigenvalue weighted by Crippen LogP contribution is 2.18. The summed E-state index contributed by atoms with van der Waals surface area (Å²) in [6, 6.07) is 24.6. The van der Waals surface area contributed by atoms with E-state index >= 15 is 0 Å². The van der Waals surface area contributed by atoms with Crippen molar-refractivity contribution < 1.29 is 9.59 Å². The van der Waals surface area contributed by atoms with Crippen LogP contribution in [0.3, 0.4) is 0 Å². The van der Waals surface area contributed by atoms with E-state index in [4.69, 9.17) is 11.6 Å². The van der Waals surface area contributed by atoms with Crippen LogP contribution in [0.1, 0.15) is 36.1 Å². The van der Waals surface area contributed by atoms with Gasteiger partial charge in [-0.15, -0.1) is 0 Å². The van der Waals surface area contributed by atoms with Crippen LogP contribution >= 0.6 is 11.6 Å². The number of halogens is 1. The van der Waals surface area contributed by atoms with Gasteiger partial charge in [-0.1, -0.05) is 97.7 Å². The molecule has 2 amide bonds. The molecule has 0 aliphatic carbocycles. The van der Waals surface area contributed by atoms with Crippen molar-refractivity contribution in [2.24, 2.45) is 5.92 Å². The van der Waals surface area contributed by atoms with Crippen molar-refractivity contribution in [3.05, 3.63) is 106 Å². The number of hydrogen-bond acceptors (Lipinski definition) is 2. The highest BCUT2D eigenvalue weighted by molar-refractivity contribution is 6.30. The van der Waals surface area contributed by atoms with Crippen molar-refractivity contribution in [2.75, 3.05) is 6.54 Å². The Morgan fingerprint density at radius 2 is 1.47 bits per heavy atom. The van der Waals surface area contributed by atoms with Crippen molar-refractivity contribution in [2.45, 2.75) is 46.2 Å². The lowest BCUT2D eigenvalue weighted by Crippen LogP contribution is -2.51.